The minimum absolute atomic E-state index is 0.682. The highest BCUT2D eigenvalue weighted by Gasteiger charge is 1.85. The highest BCUT2D eigenvalue weighted by Crippen LogP contribution is 1.85. The lowest BCUT2D eigenvalue weighted by molar-refractivity contribution is -0.458. The van der Waals surface area contributed by atoms with Crippen molar-refractivity contribution >= 4 is 23.1 Å². The summed E-state index contributed by atoms with van der Waals surface area (Å²) in [6.07, 6.45) is 6.51. The molecule has 0 heterocycles. The lowest BCUT2D eigenvalue weighted by Gasteiger charge is -1.86. The molecule has 0 radical (unpaired) electrons. The van der Waals surface area contributed by atoms with E-state index in [1.165, 1.54) is 6.42 Å². The molecule has 26 heavy (non-hydrogen) atoms. The molecule has 0 aliphatic carbocycles. The SMILES string of the molecule is CCCC(C)=N.CCCC(C)=[NH2+].CCCN=C(C)N.CCC[NH+]=C(C)N. The maximum Gasteiger partial charge on any atom is 0.237 e. The molecule has 0 atom stereocenters. The van der Waals surface area contributed by atoms with Crippen molar-refractivity contribution in [2.45, 2.75) is 93.9 Å². The van der Waals surface area contributed by atoms with E-state index in [2.05, 4.69) is 37.7 Å². The number of amidine groups is 2. The molecule has 0 aromatic rings. The molecular formula is C20H48N6+2. The minimum Gasteiger partial charge on any atom is -0.388 e. The Kier molecular flexibility index (Phi) is 34.6. The van der Waals surface area contributed by atoms with E-state index >= 15 is 0 Å². The number of aliphatic imine (C=N–C) groups is 1. The third-order valence-corrected chi connectivity index (χ3v) is 2.51. The molecule has 0 aromatic heterocycles. The molecule has 0 aliphatic rings. The largest absolute Gasteiger partial charge is 0.388 e. The van der Waals surface area contributed by atoms with Gasteiger partial charge in [-0.05, 0) is 39.5 Å². The van der Waals surface area contributed by atoms with Gasteiger partial charge in [0.25, 0.3) is 0 Å². The Morgan fingerprint density at radius 2 is 1.38 bits per heavy atom. The lowest BCUT2D eigenvalue weighted by atomic mass is 10.2. The summed E-state index contributed by atoms with van der Waals surface area (Å²) in [5.41, 5.74) is 12.3. The molecule has 0 saturated carbocycles. The first-order valence-corrected chi connectivity index (χ1v) is 9.79. The van der Waals surface area contributed by atoms with Crippen LogP contribution in [0.15, 0.2) is 4.99 Å². The van der Waals surface area contributed by atoms with Gasteiger partial charge in [0.05, 0.1) is 12.4 Å². The van der Waals surface area contributed by atoms with Gasteiger partial charge in [-0.3, -0.25) is 21.1 Å². The predicted molar refractivity (Wildman–Crippen MR) is 119 cm³/mol. The van der Waals surface area contributed by atoms with Crippen molar-refractivity contribution in [1.29, 1.82) is 5.41 Å². The average Bonchev–Trinajstić information content (AvgIpc) is 2.52. The molecule has 8 N–H and O–H groups in total. The van der Waals surface area contributed by atoms with Gasteiger partial charge in [0.2, 0.25) is 5.84 Å². The van der Waals surface area contributed by atoms with Crippen LogP contribution in [0.4, 0.5) is 0 Å². The van der Waals surface area contributed by atoms with Crippen LogP contribution < -0.4 is 21.9 Å². The van der Waals surface area contributed by atoms with Gasteiger partial charge < -0.3 is 11.1 Å². The molecule has 6 nitrogen and oxygen atoms in total. The average molecular weight is 373 g/mol. The van der Waals surface area contributed by atoms with Gasteiger partial charge in [-0.2, -0.15) is 0 Å². The summed E-state index contributed by atoms with van der Waals surface area (Å²) in [6.45, 7) is 17.7. The topological polar surface area (TPSA) is 128 Å². The minimum atomic E-state index is 0.682. The summed E-state index contributed by atoms with van der Waals surface area (Å²) in [5.74, 6) is 1.49. The molecule has 6 heteroatoms. The van der Waals surface area contributed by atoms with E-state index in [9.17, 15) is 0 Å². The molecule has 0 saturated heterocycles. The highest BCUT2D eigenvalue weighted by atomic mass is 14.8. The fraction of sp³-hybridized carbons (Fsp3) is 0.800. The van der Waals surface area contributed by atoms with Crippen molar-refractivity contribution in [2.75, 3.05) is 13.1 Å². The standard InChI is InChI=1S/2C5H12N2.2C5H11N/c2*1-3-4-7-5(2)6;2*1-3-4-5(2)6/h2*3-4H2,1-2H3,(H2,6,7);2*6H,3-4H2,1-2H3/p+2. The van der Waals surface area contributed by atoms with Gasteiger partial charge in [0.15, 0.2) is 0 Å². The van der Waals surface area contributed by atoms with Gasteiger partial charge in [0, 0.05) is 32.5 Å². The Bertz CT molecular complexity index is 328. The van der Waals surface area contributed by atoms with Gasteiger partial charge >= 0.3 is 0 Å². The van der Waals surface area contributed by atoms with Crippen LogP contribution >= 0.6 is 0 Å². The van der Waals surface area contributed by atoms with E-state index in [1.807, 2.05) is 20.8 Å². The van der Waals surface area contributed by atoms with E-state index < -0.39 is 0 Å². The molecule has 0 amide bonds. The van der Waals surface area contributed by atoms with Crippen LogP contribution in [0.1, 0.15) is 93.9 Å². The van der Waals surface area contributed by atoms with Crippen LogP contribution in [0.2, 0.25) is 0 Å². The fourth-order valence-electron chi connectivity index (χ4n) is 1.38. The third-order valence-electron chi connectivity index (χ3n) is 2.51. The van der Waals surface area contributed by atoms with E-state index in [4.69, 9.17) is 22.3 Å². The van der Waals surface area contributed by atoms with Crippen molar-refractivity contribution in [1.82, 2.24) is 0 Å². The summed E-state index contributed by atoms with van der Waals surface area (Å²) in [4.78, 5) is 6.93. The number of hydrogen-bond donors (Lipinski definition) is 5. The van der Waals surface area contributed by atoms with Crippen LogP contribution in [-0.2, 0) is 0 Å². The normalized spacial score (nSPS) is 10.3. The van der Waals surface area contributed by atoms with E-state index in [-0.39, 0.29) is 0 Å². The van der Waals surface area contributed by atoms with E-state index in [0.717, 1.165) is 62.5 Å². The molecule has 0 fully saturated rings. The molecule has 0 spiro atoms. The molecule has 0 aliphatic heterocycles. The van der Waals surface area contributed by atoms with Gasteiger partial charge in [-0.25, -0.2) is 0 Å². The van der Waals surface area contributed by atoms with E-state index in [1.54, 1.807) is 6.92 Å². The zero-order chi connectivity index (χ0) is 21.4. The van der Waals surface area contributed by atoms with E-state index in [0.29, 0.717) is 5.84 Å². The number of nitrogens with two attached hydrogens (primary N) is 3. The molecule has 0 rings (SSSR count). The maximum absolute atomic E-state index is 6.89. The van der Waals surface area contributed by atoms with Crippen LogP contribution in [0.3, 0.4) is 0 Å². The van der Waals surface area contributed by atoms with Gasteiger partial charge in [0.1, 0.15) is 5.71 Å². The fourth-order valence-corrected chi connectivity index (χ4v) is 1.38. The number of rotatable bonds is 8. The third kappa shape index (κ3) is 66.9. The Hall–Kier alpha value is -1.72. The first-order valence-electron chi connectivity index (χ1n) is 9.79. The quantitative estimate of drug-likeness (QED) is 0.326. The second kappa shape index (κ2) is 28.1. The summed E-state index contributed by atoms with van der Waals surface area (Å²) >= 11 is 0. The summed E-state index contributed by atoms with van der Waals surface area (Å²) in [5, 5.41) is 12.2. The lowest BCUT2D eigenvalue weighted by Crippen LogP contribution is -2.74. The second-order valence-corrected chi connectivity index (χ2v) is 6.26. The second-order valence-electron chi connectivity index (χ2n) is 6.26. The Morgan fingerprint density at radius 3 is 1.46 bits per heavy atom. The Morgan fingerprint density at radius 1 is 0.885 bits per heavy atom. The van der Waals surface area contributed by atoms with Crippen LogP contribution in [0.5, 0.6) is 0 Å². The van der Waals surface area contributed by atoms with Gasteiger partial charge in [-0.15, -0.1) is 0 Å². The van der Waals surface area contributed by atoms with Crippen molar-refractivity contribution in [2.24, 2.45) is 16.5 Å². The van der Waals surface area contributed by atoms with Crippen molar-refractivity contribution < 1.29 is 10.4 Å². The Balaban J connectivity index is -0.000000124. The van der Waals surface area contributed by atoms with Gasteiger partial charge in [-0.1, -0.05) is 34.1 Å². The van der Waals surface area contributed by atoms with Crippen LogP contribution in [-0.4, -0.2) is 36.2 Å². The Labute approximate surface area is 163 Å². The zero-order valence-corrected chi connectivity index (χ0v) is 18.8. The number of nitrogens with zero attached hydrogens (tertiary/aromatic N) is 1. The molecule has 156 valence electrons. The number of nitrogens with one attached hydrogen (secondary N) is 2. The van der Waals surface area contributed by atoms with Crippen molar-refractivity contribution in [3.63, 3.8) is 0 Å². The first-order chi connectivity index (χ1) is 12.1. The van der Waals surface area contributed by atoms with Crippen LogP contribution in [0, 0.1) is 5.41 Å². The first kappa shape index (κ1) is 32.0. The highest BCUT2D eigenvalue weighted by molar-refractivity contribution is 5.78. The summed E-state index contributed by atoms with van der Waals surface area (Å²) in [7, 11) is 0. The molecule has 0 bridgehead atoms. The molecule has 0 aromatic carbocycles. The number of hydrogen-bond acceptors (Lipinski definition) is 2. The summed E-state index contributed by atoms with van der Waals surface area (Å²) < 4.78 is 0. The van der Waals surface area contributed by atoms with Crippen molar-refractivity contribution in [3.05, 3.63) is 0 Å². The smallest absolute Gasteiger partial charge is 0.237 e. The van der Waals surface area contributed by atoms with Crippen molar-refractivity contribution in [3.8, 4) is 0 Å². The summed E-state index contributed by atoms with van der Waals surface area (Å²) in [6, 6.07) is 0. The zero-order valence-electron chi connectivity index (χ0n) is 18.8. The molecule has 0 unspecified atom stereocenters. The molecular weight excluding hydrogens is 324 g/mol. The predicted octanol–water partition coefficient (Wildman–Crippen LogP) is 1.46. The van der Waals surface area contributed by atoms with Crippen LogP contribution in [0.25, 0.3) is 0 Å². The monoisotopic (exact) mass is 372 g/mol. The maximum atomic E-state index is 6.89.